The molecule has 0 saturated carbocycles. The van der Waals surface area contributed by atoms with Gasteiger partial charge < -0.3 is 9.84 Å². The molecular formula is C14H14ClN3O3S. The summed E-state index contributed by atoms with van der Waals surface area (Å²) in [5.41, 5.74) is 0.589. The average Bonchev–Trinajstić information content (AvgIpc) is 2.86. The second-order valence-electron chi connectivity index (χ2n) is 4.23. The van der Waals surface area contributed by atoms with Crippen molar-refractivity contribution >= 4 is 35.4 Å². The molecule has 0 aliphatic carbocycles. The fourth-order valence-electron chi connectivity index (χ4n) is 1.66. The van der Waals surface area contributed by atoms with Gasteiger partial charge in [-0.15, -0.1) is 5.10 Å². The summed E-state index contributed by atoms with van der Waals surface area (Å²) in [7, 11) is 0. The van der Waals surface area contributed by atoms with E-state index in [1.807, 2.05) is 6.92 Å². The van der Waals surface area contributed by atoms with E-state index in [9.17, 15) is 9.90 Å². The topological polar surface area (TPSA) is 88.1 Å². The number of carboxylic acids is 1. The minimum absolute atomic E-state index is 0.0715. The van der Waals surface area contributed by atoms with Gasteiger partial charge in [0.05, 0.1) is 6.61 Å². The van der Waals surface area contributed by atoms with Crippen molar-refractivity contribution in [3.8, 4) is 5.75 Å². The molecule has 0 unspecified atom stereocenters. The molecule has 22 heavy (non-hydrogen) atoms. The van der Waals surface area contributed by atoms with Gasteiger partial charge in [0, 0.05) is 10.6 Å². The normalized spacial score (nSPS) is 11.5. The average molecular weight is 340 g/mol. The van der Waals surface area contributed by atoms with Crippen molar-refractivity contribution in [1.82, 2.24) is 15.2 Å². The number of aliphatic carboxylic acids is 1. The molecule has 0 fully saturated rings. The molecule has 1 aromatic heterocycles. The number of H-pyrrole nitrogens is 1. The predicted molar refractivity (Wildman–Crippen MR) is 85.2 cm³/mol. The van der Waals surface area contributed by atoms with Crippen LogP contribution < -0.4 is 4.74 Å². The standard InChI is InChI=1S/C14H14ClN3O3S/c1-3-21-11-5-4-10(15)6-9(11)7-12(13(19)20)22-14-16-8(2)17-18-14/h4-7H,3H2,1-2H3,(H,19,20)(H,16,17,18). The zero-order valence-corrected chi connectivity index (χ0v) is 13.5. The van der Waals surface area contributed by atoms with Gasteiger partial charge in [-0.2, -0.15) is 0 Å². The zero-order chi connectivity index (χ0) is 16.1. The van der Waals surface area contributed by atoms with Crippen LogP contribution in [-0.2, 0) is 4.79 Å². The lowest BCUT2D eigenvalue weighted by atomic mass is 10.2. The molecule has 2 N–H and O–H groups in total. The lowest BCUT2D eigenvalue weighted by Gasteiger charge is -2.08. The Kier molecular flexibility index (Phi) is 5.46. The van der Waals surface area contributed by atoms with Crippen molar-refractivity contribution in [3.63, 3.8) is 0 Å². The van der Waals surface area contributed by atoms with E-state index in [1.54, 1.807) is 25.1 Å². The molecule has 0 radical (unpaired) electrons. The van der Waals surface area contributed by atoms with Crippen LogP contribution in [0.4, 0.5) is 0 Å². The van der Waals surface area contributed by atoms with Gasteiger partial charge in [-0.1, -0.05) is 11.6 Å². The Bertz CT molecular complexity index is 715. The summed E-state index contributed by atoms with van der Waals surface area (Å²) in [6.07, 6.45) is 1.50. The Morgan fingerprint density at radius 1 is 1.55 bits per heavy atom. The summed E-state index contributed by atoms with van der Waals surface area (Å²) < 4.78 is 5.48. The number of aromatic amines is 1. The molecule has 0 aliphatic rings. The third kappa shape index (κ3) is 4.25. The first-order valence-electron chi connectivity index (χ1n) is 6.43. The summed E-state index contributed by atoms with van der Waals surface area (Å²) in [5, 5.41) is 16.8. The number of halogens is 1. The number of thioether (sulfide) groups is 1. The van der Waals surface area contributed by atoms with E-state index >= 15 is 0 Å². The zero-order valence-electron chi connectivity index (χ0n) is 12.0. The first-order chi connectivity index (χ1) is 10.5. The molecule has 116 valence electrons. The van der Waals surface area contributed by atoms with Crippen LogP contribution in [0.3, 0.4) is 0 Å². The molecule has 0 bridgehead atoms. The first-order valence-corrected chi connectivity index (χ1v) is 7.63. The number of nitrogens with zero attached hydrogens (tertiary/aromatic N) is 2. The van der Waals surface area contributed by atoms with E-state index in [1.165, 1.54) is 6.08 Å². The predicted octanol–water partition coefficient (Wildman–Crippen LogP) is 3.38. The molecule has 2 aromatic rings. The number of hydrogen-bond donors (Lipinski definition) is 2. The lowest BCUT2D eigenvalue weighted by molar-refractivity contribution is -0.131. The number of benzene rings is 1. The first kappa shape index (κ1) is 16.4. The Morgan fingerprint density at radius 3 is 2.91 bits per heavy atom. The molecule has 0 aliphatic heterocycles. The number of nitrogens with one attached hydrogen (secondary N) is 1. The van der Waals surface area contributed by atoms with Gasteiger partial charge in [-0.05, 0) is 49.9 Å². The smallest absolute Gasteiger partial charge is 0.342 e. The molecule has 0 saturated heterocycles. The van der Waals surface area contributed by atoms with Gasteiger partial charge in [-0.3, -0.25) is 5.10 Å². The van der Waals surface area contributed by atoms with E-state index in [0.717, 1.165) is 11.8 Å². The van der Waals surface area contributed by atoms with Crippen molar-refractivity contribution < 1.29 is 14.6 Å². The van der Waals surface area contributed by atoms with Gasteiger partial charge in [0.15, 0.2) is 0 Å². The number of aromatic nitrogens is 3. The van der Waals surface area contributed by atoms with Crippen LogP contribution in [0, 0.1) is 6.92 Å². The van der Waals surface area contributed by atoms with E-state index in [0.29, 0.717) is 33.9 Å². The van der Waals surface area contributed by atoms with Gasteiger partial charge in [0.1, 0.15) is 16.5 Å². The second kappa shape index (κ2) is 7.33. The SMILES string of the molecule is CCOc1ccc(Cl)cc1C=C(Sc1n[nH]c(C)n1)C(=O)O. The Morgan fingerprint density at radius 2 is 2.32 bits per heavy atom. The van der Waals surface area contributed by atoms with E-state index in [-0.39, 0.29) is 4.91 Å². The Labute approximate surface area is 136 Å². The third-order valence-electron chi connectivity index (χ3n) is 2.55. The van der Waals surface area contributed by atoms with Crippen molar-refractivity contribution in [2.24, 2.45) is 0 Å². The lowest BCUT2D eigenvalue weighted by Crippen LogP contribution is -1.99. The van der Waals surface area contributed by atoms with Gasteiger partial charge in [-0.25, -0.2) is 9.78 Å². The number of carbonyl (C=O) groups is 1. The van der Waals surface area contributed by atoms with Crippen LogP contribution >= 0.6 is 23.4 Å². The maximum atomic E-state index is 11.4. The summed E-state index contributed by atoms with van der Waals surface area (Å²) in [4.78, 5) is 15.6. The van der Waals surface area contributed by atoms with Crippen molar-refractivity contribution in [2.75, 3.05) is 6.61 Å². The maximum Gasteiger partial charge on any atom is 0.342 e. The van der Waals surface area contributed by atoms with Crippen molar-refractivity contribution in [3.05, 3.63) is 39.5 Å². The van der Waals surface area contributed by atoms with Crippen LogP contribution in [0.25, 0.3) is 6.08 Å². The van der Waals surface area contributed by atoms with Crippen molar-refractivity contribution in [2.45, 2.75) is 19.0 Å². The monoisotopic (exact) mass is 339 g/mol. The Hall–Kier alpha value is -1.99. The number of carboxylic acid groups (broad SMARTS) is 1. The molecule has 1 aromatic carbocycles. The summed E-state index contributed by atoms with van der Waals surface area (Å²) in [5.74, 6) is 0.109. The number of aryl methyl sites for hydroxylation is 1. The van der Waals surface area contributed by atoms with Crippen LogP contribution in [0.1, 0.15) is 18.3 Å². The van der Waals surface area contributed by atoms with Gasteiger partial charge >= 0.3 is 5.97 Å². The van der Waals surface area contributed by atoms with E-state index in [4.69, 9.17) is 16.3 Å². The number of rotatable bonds is 6. The number of ether oxygens (including phenoxy) is 1. The molecule has 0 amide bonds. The minimum Gasteiger partial charge on any atom is -0.493 e. The summed E-state index contributed by atoms with van der Waals surface area (Å²) >= 11 is 6.93. The van der Waals surface area contributed by atoms with Crippen LogP contribution in [0.2, 0.25) is 5.02 Å². The molecular weight excluding hydrogens is 326 g/mol. The highest BCUT2D eigenvalue weighted by Crippen LogP contribution is 2.30. The second-order valence-corrected chi connectivity index (χ2v) is 5.68. The molecule has 0 atom stereocenters. The molecule has 6 nitrogen and oxygen atoms in total. The maximum absolute atomic E-state index is 11.4. The highest BCUT2D eigenvalue weighted by Gasteiger charge is 2.14. The highest BCUT2D eigenvalue weighted by molar-refractivity contribution is 8.04. The van der Waals surface area contributed by atoms with Crippen molar-refractivity contribution in [1.29, 1.82) is 0 Å². The van der Waals surface area contributed by atoms with Crippen LogP contribution in [-0.4, -0.2) is 32.9 Å². The van der Waals surface area contributed by atoms with Gasteiger partial charge in [0.2, 0.25) is 5.16 Å². The fraction of sp³-hybridized carbons (Fsp3) is 0.214. The van der Waals surface area contributed by atoms with Crippen LogP contribution in [0.15, 0.2) is 28.3 Å². The summed E-state index contributed by atoms with van der Waals surface area (Å²) in [6, 6.07) is 5.05. The molecule has 8 heteroatoms. The largest absolute Gasteiger partial charge is 0.493 e. The quantitative estimate of drug-likeness (QED) is 0.619. The third-order valence-corrected chi connectivity index (χ3v) is 3.66. The molecule has 2 rings (SSSR count). The van der Waals surface area contributed by atoms with Crippen LogP contribution in [0.5, 0.6) is 5.75 Å². The fourth-order valence-corrected chi connectivity index (χ4v) is 2.59. The van der Waals surface area contributed by atoms with E-state index < -0.39 is 5.97 Å². The Balaban J connectivity index is 2.37. The minimum atomic E-state index is -1.07. The molecule has 1 heterocycles. The molecule has 0 spiro atoms. The summed E-state index contributed by atoms with van der Waals surface area (Å²) in [6.45, 7) is 4.06. The number of hydrogen-bond acceptors (Lipinski definition) is 5. The van der Waals surface area contributed by atoms with E-state index in [2.05, 4.69) is 15.2 Å². The van der Waals surface area contributed by atoms with Gasteiger partial charge in [0.25, 0.3) is 0 Å². The highest BCUT2D eigenvalue weighted by atomic mass is 35.5.